The van der Waals surface area contributed by atoms with Gasteiger partial charge < -0.3 is 15.2 Å². The van der Waals surface area contributed by atoms with Crippen LogP contribution in [0.5, 0.6) is 11.6 Å². The second-order valence-electron chi connectivity index (χ2n) is 3.78. The SMILES string of the molecule is COc1ccc(COc2nc(N)c(F)cc2F)cc1. The molecule has 0 spiro atoms. The van der Waals surface area contributed by atoms with Gasteiger partial charge in [-0.05, 0) is 17.7 Å². The van der Waals surface area contributed by atoms with Gasteiger partial charge in [0, 0.05) is 6.07 Å². The zero-order chi connectivity index (χ0) is 13.8. The Bertz CT molecular complexity index is 574. The van der Waals surface area contributed by atoms with Crippen LogP contribution in [-0.2, 0) is 6.61 Å². The van der Waals surface area contributed by atoms with Crippen LogP contribution >= 0.6 is 0 Å². The molecule has 0 unspecified atom stereocenters. The fourth-order valence-corrected chi connectivity index (χ4v) is 1.44. The van der Waals surface area contributed by atoms with E-state index >= 15 is 0 Å². The predicted molar refractivity (Wildman–Crippen MR) is 65.9 cm³/mol. The molecule has 4 nitrogen and oxygen atoms in total. The van der Waals surface area contributed by atoms with Gasteiger partial charge in [-0.1, -0.05) is 12.1 Å². The lowest BCUT2D eigenvalue weighted by atomic mass is 10.2. The summed E-state index contributed by atoms with van der Waals surface area (Å²) in [6, 6.07) is 7.68. The molecular formula is C13H12F2N2O2. The van der Waals surface area contributed by atoms with Crippen LogP contribution in [0.2, 0.25) is 0 Å². The lowest BCUT2D eigenvalue weighted by molar-refractivity contribution is 0.276. The van der Waals surface area contributed by atoms with Crippen LogP contribution in [0.15, 0.2) is 30.3 Å². The number of pyridine rings is 1. The third-order valence-corrected chi connectivity index (χ3v) is 2.46. The van der Waals surface area contributed by atoms with Crippen molar-refractivity contribution < 1.29 is 18.3 Å². The zero-order valence-corrected chi connectivity index (χ0v) is 10.2. The fraction of sp³-hybridized carbons (Fsp3) is 0.154. The summed E-state index contributed by atoms with van der Waals surface area (Å²) in [5.74, 6) is -1.81. The standard InChI is InChI=1S/C13H12F2N2O2/c1-18-9-4-2-8(3-5-9)7-19-13-11(15)6-10(14)12(16)17-13/h2-6H,7H2,1H3,(H2,16,17). The number of aromatic nitrogens is 1. The molecule has 0 aliphatic carbocycles. The van der Waals surface area contributed by atoms with Gasteiger partial charge in [-0.25, -0.2) is 8.78 Å². The molecule has 0 radical (unpaired) electrons. The number of anilines is 1. The Morgan fingerprint density at radius 2 is 1.84 bits per heavy atom. The maximum absolute atomic E-state index is 13.3. The Morgan fingerprint density at radius 3 is 2.47 bits per heavy atom. The first-order chi connectivity index (χ1) is 9.10. The smallest absolute Gasteiger partial charge is 0.252 e. The Balaban J connectivity index is 2.07. The molecule has 1 aromatic carbocycles. The van der Waals surface area contributed by atoms with Crippen LogP contribution < -0.4 is 15.2 Å². The van der Waals surface area contributed by atoms with Gasteiger partial charge in [0.2, 0.25) is 0 Å². The van der Waals surface area contributed by atoms with Crippen molar-refractivity contribution in [3.63, 3.8) is 0 Å². The molecule has 0 aliphatic rings. The molecule has 19 heavy (non-hydrogen) atoms. The second kappa shape index (κ2) is 5.51. The Hall–Kier alpha value is -2.37. The van der Waals surface area contributed by atoms with Crippen molar-refractivity contribution in [3.8, 4) is 11.6 Å². The first-order valence-electron chi connectivity index (χ1n) is 5.47. The molecular weight excluding hydrogens is 254 g/mol. The van der Waals surface area contributed by atoms with E-state index < -0.39 is 17.5 Å². The van der Waals surface area contributed by atoms with E-state index in [0.717, 1.165) is 5.56 Å². The maximum atomic E-state index is 13.3. The normalized spacial score (nSPS) is 10.3. The lowest BCUT2D eigenvalue weighted by Gasteiger charge is -2.08. The van der Waals surface area contributed by atoms with Crippen LogP contribution in [0.3, 0.4) is 0 Å². The summed E-state index contributed by atoms with van der Waals surface area (Å²) in [5, 5.41) is 0. The van der Waals surface area contributed by atoms with Crippen LogP contribution in [0.4, 0.5) is 14.6 Å². The van der Waals surface area contributed by atoms with Gasteiger partial charge in [0.05, 0.1) is 7.11 Å². The number of ether oxygens (including phenoxy) is 2. The molecule has 0 saturated carbocycles. The van der Waals surface area contributed by atoms with Gasteiger partial charge in [-0.15, -0.1) is 0 Å². The number of hydrogen-bond donors (Lipinski definition) is 1. The highest BCUT2D eigenvalue weighted by molar-refractivity contribution is 5.34. The number of benzene rings is 1. The van der Waals surface area contributed by atoms with E-state index in [-0.39, 0.29) is 12.5 Å². The van der Waals surface area contributed by atoms with Crippen molar-refractivity contribution >= 4 is 5.82 Å². The average Bonchev–Trinajstić information content (AvgIpc) is 2.42. The molecule has 2 N–H and O–H groups in total. The van der Waals surface area contributed by atoms with Gasteiger partial charge >= 0.3 is 0 Å². The summed E-state index contributed by atoms with van der Waals surface area (Å²) in [4.78, 5) is 3.50. The lowest BCUT2D eigenvalue weighted by Crippen LogP contribution is -2.03. The number of hydrogen-bond acceptors (Lipinski definition) is 4. The molecule has 0 atom stereocenters. The average molecular weight is 266 g/mol. The number of methoxy groups -OCH3 is 1. The van der Waals surface area contributed by atoms with Crippen LogP contribution in [0.25, 0.3) is 0 Å². The first kappa shape index (κ1) is 13.1. The molecule has 2 rings (SSSR count). The highest BCUT2D eigenvalue weighted by atomic mass is 19.1. The molecule has 1 aromatic heterocycles. The fourth-order valence-electron chi connectivity index (χ4n) is 1.44. The molecule has 0 bridgehead atoms. The summed E-state index contributed by atoms with van der Waals surface area (Å²) in [5.41, 5.74) is 6.04. The van der Waals surface area contributed by atoms with Gasteiger partial charge in [-0.2, -0.15) is 4.98 Å². The highest BCUT2D eigenvalue weighted by Gasteiger charge is 2.11. The van der Waals surface area contributed by atoms with E-state index in [1.165, 1.54) is 0 Å². The van der Waals surface area contributed by atoms with Crippen molar-refractivity contribution in [2.45, 2.75) is 6.61 Å². The summed E-state index contributed by atoms with van der Waals surface area (Å²) in [6.45, 7) is 0.0962. The molecule has 0 aliphatic heterocycles. The molecule has 6 heteroatoms. The number of nitrogens with zero attached hydrogens (tertiary/aromatic N) is 1. The summed E-state index contributed by atoms with van der Waals surface area (Å²) in [6.07, 6.45) is 0. The number of halogens is 2. The number of nitrogen functional groups attached to an aromatic ring is 1. The van der Waals surface area contributed by atoms with Crippen molar-refractivity contribution in [3.05, 3.63) is 47.5 Å². The zero-order valence-electron chi connectivity index (χ0n) is 10.2. The first-order valence-corrected chi connectivity index (χ1v) is 5.47. The minimum absolute atomic E-state index is 0.0962. The van der Waals surface area contributed by atoms with E-state index in [4.69, 9.17) is 15.2 Å². The molecule has 0 fully saturated rings. The van der Waals surface area contributed by atoms with Crippen molar-refractivity contribution in [2.75, 3.05) is 12.8 Å². The summed E-state index contributed by atoms with van der Waals surface area (Å²) < 4.78 is 36.4. The molecule has 0 saturated heterocycles. The second-order valence-corrected chi connectivity index (χ2v) is 3.78. The third kappa shape index (κ3) is 3.09. The molecule has 0 amide bonds. The van der Waals surface area contributed by atoms with E-state index in [0.29, 0.717) is 11.8 Å². The molecule has 1 heterocycles. The van der Waals surface area contributed by atoms with Gasteiger partial charge in [0.25, 0.3) is 5.88 Å². The third-order valence-electron chi connectivity index (χ3n) is 2.46. The minimum Gasteiger partial charge on any atom is -0.497 e. The Labute approximate surface area is 108 Å². The van der Waals surface area contributed by atoms with E-state index in [1.54, 1.807) is 31.4 Å². The minimum atomic E-state index is -0.908. The van der Waals surface area contributed by atoms with Crippen molar-refractivity contribution in [1.29, 1.82) is 0 Å². The van der Waals surface area contributed by atoms with Crippen molar-refractivity contribution in [1.82, 2.24) is 4.98 Å². The van der Waals surface area contributed by atoms with Gasteiger partial charge in [-0.3, -0.25) is 0 Å². The summed E-state index contributed by atoms with van der Waals surface area (Å²) >= 11 is 0. The molecule has 100 valence electrons. The van der Waals surface area contributed by atoms with E-state index in [1.807, 2.05) is 0 Å². The highest BCUT2D eigenvalue weighted by Crippen LogP contribution is 2.20. The van der Waals surface area contributed by atoms with Gasteiger partial charge in [0.15, 0.2) is 17.5 Å². The number of nitrogens with two attached hydrogens (primary N) is 1. The van der Waals surface area contributed by atoms with Gasteiger partial charge in [0.1, 0.15) is 12.4 Å². The maximum Gasteiger partial charge on any atom is 0.252 e. The predicted octanol–water partition coefficient (Wildman–Crippen LogP) is 2.53. The Kier molecular flexibility index (Phi) is 3.79. The van der Waals surface area contributed by atoms with Crippen molar-refractivity contribution in [2.24, 2.45) is 0 Å². The van der Waals surface area contributed by atoms with E-state index in [2.05, 4.69) is 4.98 Å². The molecule has 2 aromatic rings. The Morgan fingerprint density at radius 1 is 1.16 bits per heavy atom. The van der Waals surface area contributed by atoms with Crippen LogP contribution in [0.1, 0.15) is 5.56 Å². The van der Waals surface area contributed by atoms with E-state index in [9.17, 15) is 8.78 Å². The largest absolute Gasteiger partial charge is 0.497 e. The topological polar surface area (TPSA) is 57.4 Å². The monoisotopic (exact) mass is 266 g/mol. The quantitative estimate of drug-likeness (QED) is 0.923. The number of rotatable bonds is 4. The van der Waals surface area contributed by atoms with Crippen LogP contribution in [0, 0.1) is 11.6 Å². The van der Waals surface area contributed by atoms with Crippen LogP contribution in [-0.4, -0.2) is 12.1 Å². The summed E-state index contributed by atoms with van der Waals surface area (Å²) in [7, 11) is 1.56.